The van der Waals surface area contributed by atoms with Gasteiger partial charge in [-0.1, -0.05) is 12.1 Å². The third kappa shape index (κ3) is 3.24. The summed E-state index contributed by atoms with van der Waals surface area (Å²) in [7, 11) is 0. The van der Waals surface area contributed by atoms with Gasteiger partial charge >= 0.3 is 6.18 Å². The summed E-state index contributed by atoms with van der Waals surface area (Å²) in [6.45, 7) is 0. The molecule has 0 unspecified atom stereocenters. The molecular formula is C14H12F3N3O. The minimum Gasteiger partial charge on any atom is -0.490 e. The second-order valence-electron chi connectivity index (χ2n) is 4.84. The van der Waals surface area contributed by atoms with Crippen LogP contribution in [0.2, 0.25) is 0 Å². The van der Waals surface area contributed by atoms with Crippen molar-refractivity contribution in [2.24, 2.45) is 0 Å². The van der Waals surface area contributed by atoms with E-state index in [0.717, 1.165) is 12.8 Å². The van der Waals surface area contributed by atoms with Crippen LogP contribution in [0.15, 0.2) is 30.3 Å². The molecule has 1 saturated carbocycles. The van der Waals surface area contributed by atoms with Gasteiger partial charge in [-0.05, 0) is 25.0 Å². The number of anilines is 1. The van der Waals surface area contributed by atoms with E-state index < -0.39 is 12.0 Å². The summed E-state index contributed by atoms with van der Waals surface area (Å²) >= 11 is 0. The van der Waals surface area contributed by atoms with E-state index in [-0.39, 0.29) is 17.6 Å². The van der Waals surface area contributed by atoms with Crippen LogP contribution in [-0.4, -0.2) is 16.1 Å². The van der Waals surface area contributed by atoms with Gasteiger partial charge in [-0.2, -0.15) is 13.2 Å². The van der Waals surface area contributed by atoms with Crippen molar-refractivity contribution in [2.75, 3.05) is 5.73 Å². The molecule has 2 aromatic rings. The van der Waals surface area contributed by atoms with Crippen LogP contribution in [0.5, 0.6) is 5.75 Å². The van der Waals surface area contributed by atoms with Crippen LogP contribution in [0.1, 0.15) is 18.7 Å². The average molecular weight is 295 g/mol. The first kappa shape index (κ1) is 13.7. The Labute approximate surface area is 118 Å². The van der Waals surface area contributed by atoms with E-state index in [1.54, 1.807) is 24.3 Å². The normalized spacial score (nSPS) is 15.0. The van der Waals surface area contributed by atoms with E-state index in [4.69, 9.17) is 10.5 Å². The smallest absolute Gasteiger partial charge is 0.451 e. The minimum atomic E-state index is -4.63. The van der Waals surface area contributed by atoms with Crippen molar-refractivity contribution in [1.29, 1.82) is 0 Å². The Morgan fingerprint density at radius 2 is 1.90 bits per heavy atom. The van der Waals surface area contributed by atoms with Gasteiger partial charge in [0.05, 0.1) is 11.8 Å². The first-order valence-corrected chi connectivity index (χ1v) is 6.41. The lowest BCUT2D eigenvalue weighted by molar-refractivity contribution is -0.144. The Morgan fingerprint density at radius 1 is 1.14 bits per heavy atom. The molecule has 3 rings (SSSR count). The van der Waals surface area contributed by atoms with Crippen molar-refractivity contribution >= 4 is 5.82 Å². The quantitative estimate of drug-likeness (QED) is 0.944. The van der Waals surface area contributed by atoms with Gasteiger partial charge in [-0.25, -0.2) is 9.97 Å². The largest absolute Gasteiger partial charge is 0.490 e. The highest BCUT2D eigenvalue weighted by Crippen LogP contribution is 2.32. The molecule has 0 atom stereocenters. The van der Waals surface area contributed by atoms with E-state index in [1.165, 1.54) is 6.07 Å². The number of ether oxygens (including phenoxy) is 1. The van der Waals surface area contributed by atoms with Crippen molar-refractivity contribution in [3.8, 4) is 17.0 Å². The van der Waals surface area contributed by atoms with Crippen molar-refractivity contribution in [3.63, 3.8) is 0 Å². The van der Waals surface area contributed by atoms with Gasteiger partial charge in [0, 0.05) is 11.6 Å². The molecule has 0 amide bonds. The lowest BCUT2D eigenvalue weighted by atomic mass is 10.1. The number of nitrogen functional groups attached to an aromatic ring is 1. The van der Waals surface area contributed by atoms with Gasteiger partial charge in [0.2, 0.25) is 5.82 Å². The zero-order valence-electron chi connectivity index (χ0n) is 10.9. The second kappa shape index (κ2) is 4.91. The molecule has 0 bridgehead atoms. The predicted octanol–water partition coefficient (Wildman–Crippen LogP) is 3.29. The Morgan fingerprint density at radius 3 is 2.57 bits per heavy atom. The Hall–Kier alpha value is -2.31. The summed E-state index contributed by atoms with van der Waals surface area (Å²) in [5, 5.41) is 0. The second-order valence-corrected chi connectivity index (χ2v) is 4.84. The number of nitrogens with zero attached hydrogens (tertiary/aromatic N) is 2. The number of hydrogen-bond acceptors (Lipinski definition) is 4. The van der Waals surface area contributed by atoms with Crippen LogP contribution in [0.3, 0.4) is 0 Å². The molecule has 1 aliphatic carbocycles. The molecule has 1 aromatic heterocycles. The van der Waals surface area contributed by atoms with Crippen LogP contribution in [0, 0.1) is 0 Å². The number of nitrogens with two attached hydrogens (primary N) is 1. The number of hydrogen-bond donors (Lipinski definition) is 1. The molecule has 110 valence electrons. The maximum Gasteiger partial charge on any atom is 0.451 e. The average Bonchev–Trinajstić information content (AvgIpc) is 3.21. The van der Waals surface area contributed by atoms with E-state index in [9.17, 15) is 13.2 Å². The Kier molecular flexibility index (Phi) is 3.19. The number of rotatable bonds is 3. The Balaban J connectivity index is 1.97. The van der Waals surface area contributed by atoms with Crippen molar-refractivity contribution < 1.29 is 17.9 Å². The molecule has 0 aliphatic heterocycles. The van der Waals surface area contributed by atoms with E-state index >= 15 is 0 Å². The molecule has 1 fully saturated rings. The lowest BCUT2D eigenvalue weighted by Gasteiger charge is -2.10. The van der Waals surface area contributed by atoms with E-state index in [0.29, 0.717) is 11.3 Å². The fraction of sp³-hybridized carbons (Fsp3) is 0.286. The summed E-state index contributed by atoms with van der Waals surface area (Å²) in [5.41, 5.74) is 6.07. The van der Waals surface area contributed by atoms with Crippen LogP contribution in [0.4, 0.5) is 19.0 Å². The lowest BCUT2D eigenvalue weighted by Crippen LogP contribution is -2.13. The zero-order valence-corrected chi connectivity index (χ0v) is 10.9. The first-order valence-electron chi connectivity index (χ1n) is 6.41. The van der Waals surface area contributed by atoms with Gasteiger partial charge in [-0.3, -0.25) is 0 Å². The topological polar surface area (TPSA) is 61.0 Å². The fourth-order valence-corrected chi connectivity index (χ4v) is 1.85. The number of benzene rings is 1. The minimum absolute atomic E-state index is 0.121. The third-order valence-electron chi connectivity index (χ3n) is 2.96. The maximum absolute atomic E-state index is 12.7. The summed E-state index contributed by atoms with van der Waals surface area (Å²) in [4.78, 5) is 6.76. The SMILES string of the molecule is Nc1cc(-c2cccc(OC3CC3)c2)nc(C(F)(F)F)n1. The molecule has 1 heterocycles. The number of aromatic nitrogens is 2. The molecule has 0 radical (unpaired) electrons. The van der Waals surface area contributed by atoms with Crippen molar-refractivity contribution in [2.45, 2.75) is 25.1 Å². The molecule has 4 nitrogen and oxygen atoms in total. The monoisotopic (exact) mass is 295 g/mol. The molecule has 7 heteroatoms. The highest BCUT2D eigenvalue weighted by molar-refractivity contribution is 5.63. The van der Waals surface area contributed by atoms with Gasteiger partial charge in [0.1, 0.15) is 11.6 Å². The predicted molar refractivity (Wildman–Crippen MR) is 70.5 cm³/mol. The molecule has 0 spiro atoms. The van der Waals surface area contributed by atoms with Gasteiger partial charge in [-0.15, -0.1) is 0 Å². The van der Waals surface area contributed by atoms with Gasteiger partial charge < -0.3 is 10.5 Å². The fourth-order valence-electron chi connectivity index (χ4n) is 1.85. The van der Waals surface area contributed by atoms with Crippen LogP contribution >= 0.6 is 0 Å². The summed E-state index contributed by atoms with van der Waals surface area (Å²) in [5.74, 6) is -0.854. The maximum atomic E-state index is 12.7. The number of halogens is 3. The molecule has 0 saturated heterocycles. The molecule has 21 heavy (non-hydrogen) atoms. The van der Waals surface area contributed by atoms with Crippen molar-refractivity contribution in [3.05, 3.63) is 36.2 Å². The van der Waals surface area contributed by atoms with E-state index in [1.807, 2.05) is 0 Å². The summed E-state index contributed by atoms with van der Waals surface area (Å²) in [6.07, 6.45) is -2.42. The number of alkyl halides is 3. The van der Waals surface area contributed by atoms with Crippen molar-refractivity contribution in [1.82, 2.24) is 9.97 Å². The molecule has 1 aromatic carbocycles. The first-order chi connectivity index (χ1) is 9.91. The highest BCUT2D eigenvalue weighted by atomic mass is 19.4. The van der Waals surface area contributed by atoms with Crippen LogP contribution in [-0.2, 0) is 6.18 Å². The molecule has 1 aliphatic rings. The summed E-state index contributed by atoms with van der Waals surface area (Å²) in [6, 6.07) is 8.09. The van der Waals surface area contributed by atoms with Crippen LogP contribution in [0.25, 0.3) is 11.3 Å². The zero-order chi connectivity index (χ0) is 15.0. The van der Waals surface area contributed by atoms with Crippen LogP contribution < -0.4 is 10.5 Å². The van der Waals surface area contributed by atoms with Gasteiger partial charge in [0.15, 0.2) is 0 Å². The Bertz CT molecular complexity index is 669. The standard InChI is InChI=1S/C14H12F3N3O/c15-14(16,17)13-19-11(7-12(18)20-13)8-2-1-3-10(6-8)21-9-4-5-9/h1-3,6-7,9H,4-5H2,(H2,18,19,20). The summed E-state index contributed by atoms with van der Waals surface area (Å²) < 4.78 is 43.8. The van der Waals surface area contributed by atoms with E-state index in [2.05, 4.69) is 9.97 Å². The van der Waals surface area contributed by atoms with Gasteiger partial charge in [0.25, 0.3) is 0 Å². The molecular weight excluding hydrogens is 283 g/mol. The molecule has 2 N–H and O–H groups in total. The third-order valence-corrected chi connectivity index (χ3v) is 2.96. The highest BCUT2D eigenvalue weighted by Gasteiger charge is 2.35.